The summed E-state index contributed by atoms with van der Waals surface area (Å²) in [4.78, 5) is 15.3. The molecule has 0 saturated carbocycles. The summed E-state index contributed by atoms with van der Waals surface area (Å²) in [6, 6.07) is 5.59. The lowest BCUT2D eigenvalue weighted by atomic mass is 10.2. The summed E-state index contributed by atoms with van der Waals surface area (Å²) in [7, 11) is 3.77. The van der Waals surface area contributed by atoms with Gasteiger partial charge in [-0.25, -0.2) is 0 Å². The van der Waals surface area contributed by atoms with Crippen molar-refractivity contribution < 1.29 is 9.53 Å². The molecule has 22 heavy (non-hydrogen) atoms. The van der Waals surface area contributed by atoms with Gasteiger partial charge in [-0.05, 0) is 19.2 Å². The maximum atomic E-state index is 12.3. The first-order valence-corrected chi connectivity index (χ1v) is 8.13. The Morgan fingerprint density at radius 2 is 2.32 bits per heavy atom. The molecule has 0 unspecified atom stereocenters. The lowest BCUT2D eigenvalue weighted by Gasteiger charge is -2.28. The fraction of sp³-hybridized carbons (Fsp3) is 0.429. The topological polar surface area (TPSA) is 59.4 Å². The van der Waals surface area contributed by atoms with Crippen LogP contribution in [0, 0.1) is 0 Å². The second kappa shape index (κ2) is 6.37. The normalized spacial score (nSPS) is 19.3. The number of anilines is 1. The van der Waals surface area contributed by atoms with Crippen LogP contribution in [0.3, 0.4) is 0 Å². The van der Waals surface area contributed by atoms with E-state index in [0.717, 1.165) is 17.1 Å². The molecular weight excluding hydrogens is 324 g/mol. The Kier molecular flexibility index (Phi) is 4.49. The zero-order chi connectivity index (χ0) is 15.7. The number of thiophene rings is 1. The van der Waals surface area contributed by atoms with Gasteiger partial charge in [0.2, 0.25) is 0 Å². The van der Waals surface area contributed by atoms with Crippen LogP contribution in [-0.2, 0) is 16.6 Å². The van der Waals surface area contributed by atoms with Gasteiger partial charge in [-0.1, -0.05) is 11.6 Å². The summed E-state index contributed by atoms with van der Waals surface area (Å²) < 4.78 is 7.88. The van der Waals surface area contributed by atoms with Crippen LogP contribution in [0.25, 0.3) is 10.6 Å². The van der Waals surface area contributed by atoms with Crippen molar-refractivity contribution in [2.75, 3.05) is 32.1 Å². The number of carbonyl (C=O) groups is 1. The van der Waals surface area contributed by atoms with Gasteiger partial charge in [0.05, 0.1) is 15.8 Å². The Balaban J connectivity index is 1.72. The zero-order valence-electron chi connectivity index (χ0n) is 12.4. The molecule has 1 N–H and O–H groups in total. The van der Waals surface area contributed by atoms with Crippen molar-refractivity contribution in [1.29, 1.82) is 0 Å². The molecule has 1 fully saturated rings. The first-order chi connectivity index (χ1) is 10.5. The van der Waals surface area contributed by atoms with Crippen LogP contribution >= 0.6 is 22.9 Å². The highest BCUT2D eigenvalue weighted by Gasteiger charge is 2.25. The van der Waals surface area contributed by atoms with E-state index in [1.54, 1.807) is 11.7 Å². The highest BCUT2D eigenvalue weighted by atomic mass is 35.5. The molecule has 0 radical (unpaired) electrons. The molecule has 0 aliphatic carbocycles. The standard InChI is InChI=1S/C14H17ClN4O2S/c1-18-5-6-21-10(8-18)14(20)16-13-7-9(17-19(13)2)11-3-4-12(15)22-11/h3-4,7,10H,5-6,8H2,1-2H3,(H,16,20)/t10-/m0/s1. The van der Waals surface area contributed by atoms with Crippen molar-refractivity contribution in [2.45, 2.75) is 6.10 Å². The fourth-order valence-electron chi connectivity index (χ4n) is 2.30. The summed E-state index contributed by atoms with van der Waals surface area (Å²) in [6.07, 6.45) is -0.451. The van der Waals surface area contributed by atoms with Gasteiger partial charge in [0.25, 0.3) is 5.91 Å². The molecule has 1 aliphatic rings. The minimum absolute atomic E-state index is 0.148. The van der Waals surface area contributed by atoms with Crippen LogP contribution in [0.5, 0.6) is 0 Å². The molecule has 1 aliphatic heterocycles. The molecule has 8 heteroatoms. The Morgan fingerprint density at radius 1 is 1.50 bits per heavy atom. The molecule has 3 heterocycles. The first kappa shape index (κ1) is 15.5. The predicted octanol–water partition coefficient (Wildman–Crippen LogP) is 2.07. The van der Waals surface area contributed by atoms with E-state index in [1.165, 1.54) is 11.3 Å². The van der Waals surface area contributed by atoms with E-state index in [9.17, 15) is 4.79 Å². The average Bonchev–Trinajstić information content (AvgIpc) is 3.06. The summed E-state index contributed by atoms with van der Waals surface area (Å²) >= 11 is 7.41. The third kappa shape index (κ3) is 3.33. The number of morpholine rings is 1. The van der Waals surface area contributed by atoms with Gasteiger partial charge in [-0.3, -0.25) is 9.48 Å². The Bertz CT molecular complexity index is 684. The molecule has 1 atom stereocenters. The summed E-state index contributed by atoms with van der Waals surface area (Å²) in [6.45, 7) is 2.01. The summed E-state index contributed by atoms with van der Waals surface area (Å²) in [5, 5.41) is 7.29. The number of rotatable bonds is 3. The van der Waals surface area contributed by atoms with E-state index >= 15 is 0 Å². The van der Waals surface area contributed by atoms with Crippen LogP contribution in [0.2, 0.25) is 4.34 Å². The lowest BCUT2D eigenvalue weighted by Crippen LogP contribution is -2.46. The smallest absolute Gasteiger partial charge is 0.255 e. The molecular formula is C14H17ClN4O2S. The average molecular weight is 341 g/mol. The monoisotopic (exact) mass is 340 g/mol. The maximum absolute atomic E-state index is 12.3. The predicted molar refractivity (Wildman–Crippen MR) is 87.4 cm³/mol. The van der Waals surface area contributed by atoms with Gasteiger partial charge < -0.3 is 15.0 Å². The molecule has 2 aromatic heterocycles. The van der Waals surface area contributed by atoms with Crippen LogP contribution in [0.4, 0.5) is 5.82 Å². The van der Waals surface area contributed by atoms with Gasteiger partial charge in [-0.2, -0.15) is 5.10 Å². The summed E-state index contributed by atoms with van der Waals surface area (Å²) in [5.41, 5.74) is 0.788. The van der Waals surface area contributed by atoms with Crippen molar-refractivity contribution in [3.05, 3.63) is 22.5 Å². The van der Waals surface area contributed by atoms with Gasteiger partial charge in [0.1, 0.15) is 17.6 Å². The van der Waals surface area contributed by atoms with Crippen LogP contribution in [-0.4, -0.2) is 53.4 Å². The van der Waals surface area contributed by atoms with E-state index in [1.807, 2.05) is 25.2 Å². The first-order valence-electron chi connectivity index (χ1n) is 6.93. The van der Waals surface area contributed by atoms with Crippen molar-refractivity contribution in [2.24, 2.45) is 7.05 Å². The molecule has 1 saturated heterocycles. The number of hydrogen-bond donors (Lipinski definition) is 1. The van der Waals surface area contributed by atoms with Gasteiger partial charge in [0, 0.05) is 26.2 Å². The largest absolute Gasteiger partial charge is 0.366 e. The van der Waals surface area contributed by atoms with Gasteiger partial charge in [0.15, 0.2) is 0 Å². The lowest BCUT2D eigenvalue weighted by molar-refractivity contribution is -0.132. The third-order valence-electron chi connectivity index (χ3n) is 3.52. The van der Waals surface area contributed by atoms with E-state index in [4.69, 9.17) is 16.3 Å². The number of halogens is 1. The molecule has 118 valence electrons. The Labute approximate surface area is 137 Å². The Morgan fingerprint density at radius 3 is 3.00 bits per heavy atom. The van der Waals surface area contributed by atoms with Crippen LogP contribution in [0.15, 0.2) is 18.2 Å². The van der Waals surface area contributed by atoms with E-state index in [2.05, 4.69) is 15.3 Å². The van der Waals surface area contributed by atoms with Crippen molar-refractivity contribution in [3.8, 4) is 10.6 Å². The molecule has 0 spiro atoms. The second-order valence-electron chi connectivity index (χ2n) is 5.25. The molecule has 6 nitrogen and oxygen atoms in total. The summed E-state index contributed by atoms with van der Waals surface area (Å²) in [5.74, 6) is 0.492. The highest BCUT2D eigenvalue weighted by molar-refractivity contribution is 7.19. The van der Waals surface area contributed by atoms with Crippen molar-refractivity contribution in [1.82, 2.24) is 14.7 Å². The van der Waals surface area contributed by atoms with Crippen molar-refractivity contribution >= 4 is 34.7 Å². The van der Waals surface area contributed by atoms with E-state index < -0.39 is 6.10 Å². The number of nitrogens with zero attached hydrogens (tertiary/aromatic N) is 3. The second-order valence-corrected chi connectivity index (χ2v) is 6.97. The molecule has 0 aromatic carbocycles. The molecule has 3 rings (SSSR count). The maximum Gasteiger partial charge on any atom is 0.255 e. The highest BCUT2D eigenvalue weighted by Crippen LogP contribution is 2.31. The SMILES string of the molecule is CN1CCO[C@H](C(=O)Nc2cc(-c3ccc(Cl)s3)nn2C)C1. The number of carbonyl (C=O) groups excluding carboxylic acids is 1. The van der Waals surface area contributed by atoms with Gasteiger partial charge >= 0.3 is 0 Å². The van der Waals surface area contributed by atoms with Gasteiger partial charge in [-0.15, -0.1) is 11.3 Å². The van der Waals surface area contributed by atoms with E-state index in [0.29, 0.717) is 23.3 Å². The minimum Gasteiger partial charge on any atom is -0.366 e. The number of amides is 1. The third-order valence-corrected chi connectivity index (χ3v) is 4.77. The number of nitrogens with one attached hydrogen (secondary N) is 1. The Hall–Kier alpha value is -1.41. The molecule has 0 bridgehead atoms. The van der Waals surface area contributed by atoms with Crippen LogP contribution < -0.4 is 5.32 Å². The number of hydrogen-bond acceptors (Lipinski definition) is 5. The zero-order valence-corrected chi connectivity index (χ0v) is 13.9. The number of aromatic nitrogens is 2. The van der Waals surface area contributed by atoms with E-state index in [-0.39, 0.29) is 5.91 Å². The molecule has 2 aromatic rings. The fourth-order valence-corrected chi connectivity index (χ4v) is 3.30. The number of ether oxygens (including phenoxy) is 1. The number of aryl methyl sites for hydroxylation is 1. The van der Waals surface area contributed by atoms with Crippen LogP contribution in [0.1, 0.15) is 0 Å². The minimum atomic E-state index is -0.451. The van der Waals surface area contributed by atoms with Crippen molar-refractivity contribution in [3.63, 3.8) is 0 Å². The quantitative estimate of drug-likeness (QED) is 0.929. The molecule has 1 amide bonds. The number of likely N-dealkylation sites (N-methyl/N-ethyl adjacent to an activating group) is 1.